The van der Waals surface area contributed by atoms with Crippen molar-refractivity contribution < 1.29 is 23.9 Å². The maximum atomic E-state index is 12.3. The van der Waals surface area contributed by atoms with Crippen LogP contribution in [0.15, 0.2) is 78.0 Å². The molecule has 3 aromatic carbocycles. The highest BCUT2D eigenvalue weighted by atomic mass is 35.5. The van der Waals surface area contributed by atoms with Crippen molar-refractivity contribution in [2.24, 2.45) is 16.6 Å². The molecule has 0 aliphatic carbocycles. The number of ether oxygens (including phenoxy) is 2. The van der Waals surface area contributed by atoms with Crippen molar-refractivity contribution in [2.75, 3.05) is 6.61 Å². The molecule has 0 radical (unpaired) electrons. The molecule has 0 heterocycles. The van der Waals surface area contributed by atoms with Crippen molar-refractivity contribution >= 4 is 29.3 Å². The van der Waals surface area contributed by atoms with Crippen molar-refractivity contribution in [2.45, 2.75) is 6.61 Å². The third-order valence-electron chi connectivity index (χ3n) is 4.14. The van der Waals surface area contributed by atoms with Gasteiger partial charge in [0, 0.05) is 10.6 Å². The monoisotopic (exact) mass is 453 g/mol. The van der Waals surface area contributed by atoms with Crippen molar-refractivity contribution in [3.8, 4) is 11.5 Å². The number of primary amides is 1. The molecule has 8 nitrogen and oxygen atoms in total. The molecule has 0 unspecified atom stereocenters. The Balaban J connectivity index is 1.57. The summed E-state index contributed by atoms with van der Waals surface area (Å²) in [5.41, 5.74) is 12.5. The molecule has 9 heteroatoms. The van der Waals surface area contributed by atoms with Crippen LogP contribution in [0.5, 0.6) is 11.5 Å². The number of hydrogen-bond donors (Lipinski definition) is 2. The quantitative estimate of drug-likeness (QED) is 0.221. The predicted molar refractivity (Wildman–Crippen MR) is 119 cm³/mol. The van der Waals surface area contributed by atoms with E-state index in [0.717, 1.165) is 5.56 Å². The first kappa shape index (κ1) is 22.6. The summed E-state index contributed by atoms with van der Waals surface area (Å²) in [5.74, 6) is -0.145. The van der Waals surface area contributed by atoms with Crippen LogP contribution in [0.3, 0.4) is 0 Å². The van der Waals surface area contributed by atoms with Crippen LogP contribution in [-0.4, -0.2) is 24.3 Å². The summed E-state index contributed by atoms with van der Waals surface area (Å²) in [6, 6.07) is 20.2. The number of oxime groups is 1. The van der Waals surface area contributed by atoms with Gasteiger partial charge in [0.25, 0.3) is 5.91 Å². The van der Waals surface area contributed by atoms with Crippen LogP contribution < -0.4 is 20.9 Å². The number of amides is 1. The van der Waals surface area contributed by atoms with Gasteiger partial charge in [-0.15, -0.1) is 0 Å². The van der Waals surface area contributed by atoms with Crippen LogP contribution >= 0.6 is 11.6 Å². The van der Waals surface area contributed by atoms with E-state index in [1.54, 1.807) is 66.7 Å². The number of nitrogens with two attached hydrogens (primary N) is 2. The van der Waals surface area contributed by atoms with E-state index >= 15 is 0 Å². The van der Waals surface area contributed by atoms with E-state index in [1.165, 1.54) is 0 Å². The van der Waals surface area contributed by atoms with Crippen LogP contribution in [0.25, 0.3) is 0 Å². The van der Waals surface area contributed by atoms with E-state index in [1.807, 2.05) is 6.07 Å². The topological polar surface area (TPSA) is 126 Å². The summed E-state index contributed by atoms with van der Waals surface area (Å²) in [5, 5.41) is 4.31. The first-order chi connectivity index (χ1) is 15.4. The molecule has 164 valence electrons. The Kier molecular flexibility index (Phi) is 7.66. The standard InChI is InChI=1S/C23H20ClN3O5/c24-18-6-10-20(11-7-18)30-13-15-2-1-3-17(12-15)23(29)32-27-22(26)16-4-8-19(9-5-16)31-14-21(25)28/h1-12H,13-14H2,(H2,25,28)(H2,26,27). The first-order valence-corrected chi connectivity index (χ1v) is 9.82. The number of benzene rings is 3. The van der Waals surface area contributed by atoms with Gasteiger partial charge in [0.15, 0.2) is 12.4 Å². The largest absolute Gasteiger partial charge is 0.489 e. The van der Waals surface area contributed by atoms with Gasteiger partial charge in [-0.2, -0.15) is 0 Å². The van der Waals surface area contributed by atoms with Crippen LogP contribution in [0.1, 0.15) is 21.5 Å². The molecular weight excluding hydrogens is 434 g/mol. The zero-order chi connectivity index (χ0) is 22.9. The van der Waals surface area contributed by atoms with Crippen molar-refractivity contribution in [1.29, 1.82) is 0 Å². The number of hydrogen-bond acceptors (Lipinski definition) is 6. The van der Waals surface area contributed by atoms with E-state index in [2.05, 4.69) is 5.16 Å². The lowest BCUT2D eigenvalue weighted by molar-refractivity contribution is -0.119. The van der Waals surface area contributed by atoms with E-state index in [9.17, 15) is 9.59 Å². The number of amidine groups is 1. The van der Waals surface area contributed by atoms with E-state index in [0.29, 0.717) is 27.6 Å². The Labute approximate surface area is 189 Å². The average Bonchev–Trinajstić information content (AvgIpc) is 2.81. The molecule has 4 N–H and O–H groups in total. The molecule has 0 aliphatic rings. The molecule has 0 atom stereocenters. The Hall–Kier alpha value is -4.04. The van der Waals surface area contributed by atoms with Gasteiger partial charge < -0.3 is 25.8 Å². The average molecular weight is 454 g/mol. The van der Waals surface area contributed by atoms with Gasteiger partial charge in [-0.3, -0.25) is 4.79 Å². The molecule has 1 amide bonds. The third-order valence-corrected chi connectivity index (χ3v) is 4.39. The second-order valence-corrected chi connectivity index (χ2v) is 7.01. The zero-order valence-corrected chi connectivity index (χ0v) is 17.6. The Morgan fingerprint density at radius 1 is 0.844 bits per heavy atom. The van der Waals surface area contributed by atoms with Crippen molar-refractivity contribution in [1.82, 2.24) is 0 Å². The lowest BCUT2D eigenvalue weighted by Crippen LogP contribution is -2.20. The molecule has 0 spiro atoms. The molecule has 0 bridgehead atoms. The van der Waals surface area contributed by atoms with Gasteiger partial charge in [0.1, 0.15) is 18.1 Å². The predicted octanol–water partition coefficient (Wildman–Crippen LogP) is 3.26. The molecule has 0 fully saturated rings. The molecule has 0 aromatic heterocycles. The fourth-order valence-corrected chi connectivity index (χ4v) is 2.68. The van der Waals surface area contributed by atoms with Gasteiger partial charge >= 0.3 is 5.97 Å². The van der Waals surface area contributed by atoms with Crippen LogP contribution in [0.4, 0.5) is 0 Å². The number of halogens is 1. The molecule has 3 aromatic rings. The molecular formula is C23H20ClN3O5. The summed E-state index contributed by atoms with van der Waals surface area (Å²) in [4.78, 5) is 28.0. The minimum atomic E-state index is -0.664. The van der Waals surface area contributed by atoms with Gasteiger partial charge in [-0.1, -0.05) is 28.9 Å². The first-order valence-electron chi connectivity index (χ1n) is 9.44. The summed E-state index contributed by atoms with van der Waals surface area (Å²) in [6.07, 6.45) is 0. The molecule has 0 aliphatic heterocycles. The molecule has 3 rings (SSSR count). The van der Waals surface area contributed by atoms with Crippen LogP contribution in [0, 0.1) is 0 Å². The second kappa shape index (κ2) is 10.8. The normalized spacial score (nSPS) is 11.0. The van der Waals surface area contributed by atoms with Gasteiger partial charge in [-0.05, 0) is 66.2 Å². The van der Waals surface area contributed by atoms with E-state index < -0.39 is 11.9 Å². The van der Waals surface area contributed by atoms with E-state index in [-0.39, 0.29) is 19.0 Å². The van der Waals surface area contributed by atoms with E-state index in [4.69, 9.17) is 37.4 Å². The lowest BCUT2D eigenvalue weighted by atomic mass is 10.1. The second-order valence-electron chi connectivity index (χ2n) is 6.58. The minimum absolute atomic E-state index is 0.00188. The van der Waals surface area contributed by atoms with Crippen LogP contribution in [0.2, 0.25) is 5.02 Å². The fraction of sp³-hybridized carbons (Fsp3) is 0.0870. The molecule has 0 saturated carbocycles. The SMILES string of the molecule is NC(=O)COc1ccc(/C(N)=N/OC(=O)c2cccc(COc3ccc(Cl)cc3)c2)cc1. The summed E-state index contributed by atoms with van der Waals surface area (Å²) in [7, 11) is 0. The minimum Gasteiger partial charge on any atom is -0.489 e. The zero-order valence-electron chi connectivity index (χ0n) is 16.9. The van der Waals surface area contributed by atoms with Crippen molar-refractivity contribution in [3.63, 3.8) is 0 Å². The molecule has 0 saturated heterocycles. The number of carbonyl (C=O) groups excluding carboxylic acids is 2. The maximum Gasteiger partial charge on any atom is 0.365 e. The van der Waals surface area contributed by atoms with Gasteiger partial charge in [0.2, 0.25) is 0 Å². The smallest absolute Gasteiger partial charge is 0.365 e. The van der Waals surface area contributed by atoms with Crippen molar-refractivity contribution in [3.05, 3.63) is 94.5 Å². The lowest BCUT2D eigenvalue weighted by Gasteiger charge is -2.07. The van der Waals surface area contributed by atoms with Gasteiger partial charge in [-0.25, -0.2) is 4.79 Å². The highest BCUT2D eigenvalue weighted by Gasteiger charge is 2.10. The summed E-state index contributed by atoms with van der Waals surface area (Å²) in [6.45, 7) is 0.0304. The maximum absolute atomic E-state index is 12.3. The van der Waals surface area contributed by atoms with Gasteiger partial charge in [0.05, 0.1) is 5.56 Å². The van der Waals surface area contributed by atoms with Crippen LogP contribution in [-0.2, 0) is 16.2 Å². The number of rotatable bonds is 9. The highest BCUT2D eigenvalue weighted by Crippen LogP contribution is 2.17. The Morgan fingerprint density at radius 3 is 2.19 bits per heavy atom. The molecule has 32 heavy (non-hydrogen) atoms. The Bertz CT molecular complexity index is 1120. The number of carbonyl (C=O) groups is 2. The Morgan fingerprint density at radius 2 is 1.50 bits per heavy atom. The number of nitrogens with zero attached hydrogens (tertiary/aromatic N) is 1. The highest BCUT2D eigenvalue weighted by molar-refractivity contribution is 6.30. The fourth-order valence-electron chi connectivity index (χ4n) is 2.56. The summed E-state index contributed by atoms with van der Waals surface area (Å²) < 4.78 is 10.8. The third kappa shape index (κ3) is 6.75. The summed E-state index contributed by atoms with van der Waals surface area (Å²) >= 11 is 5.86.